The van der Waals surface area contributed by atoms with Crippen LogP contribution in [0.15, 0.2) is 91.3 Å². The Morgan fingerprint density at radius 1 is 0.247 bits per heavy atom. The molecule has 5 aromatic carbocycles. The molecule has 430 valence electrons. The molecule has 5 aromatic heterocycles. The molecule has 0 radical (unpaired) electrons. The first-order valence-electron chi connectivity index (χ1n) is 30.7. The van der Waals surface area contributed by atoms with E-state index in [4.69, 9.17) is 9.97 Å². The van der Waals surface area contributed by atoms with E-state index in [0.29, 0.717) is 0 Å². The van der Waals surface area contributed by atoms with Crippen molar-refractivity contribution in [3.63, 3.8) is 0 Å². The van der Waals surface area contributed by atoms with Crippen LogP contribution in [0.1, 0.15) is 168 Å². The van der Waals surface area contributed by atoms with Gasteiger partial charge in [-0.25, -0.2) is 0 Å². The molecule has 5 nitrogen and oxygen atoms in total. The highest BCUT2D eigenvalue weighted by molar-refractivity contribution is 5.84. The second-order valence-corrected chi connectivity index (χ2v) is 25.6. The summed E-state index contributed by atoms with van der Waals surface area (Å²) in [5.41, 5.74) is 54.2. The molecular weight excluding hydrogens is 1030 g/mol. The summed E-state index contributed by atoms with van der Waals surface area (Å²) >= 11 is 0. The molecule has 5 heterocycles. The van der Waals surface area contributed by atoms with Crippen LogP contribution < -0.4 is 0 Å². The van der Waals surface area contributed by atoms with Crippen molar-refractivity contribution in [2.75, 3.05) is 0 Å². The lowest BCUT2D eigenvalue weighted by Crippen LogP contribution is -1.93. The van der Waals surface area contributed by atoms with E-state index in [2.05, 4.69) is 232 Å². The van der Waals surface area contributed by atoms with Crippen LogP contribution in [0.3, 0.4) is 0 Å². The Hall–Kier alpha value is -8.15. The van der Waals surface area contributed by atoms with Gasteiger partial charge in [-0.05, 0) is 313 Å². The summed E-state index contributed by atoms with van der Waals surface area (Å²) in [6.45, 7) is 43.5. The number of hydrogen-bond acceptors (Lipinski definition) is 5. The smallest absolute Gasteiger partial charge is 0.0531 e. The minimum Gasteiger partial charge on any atom is -0.260 e. The van der Waals surface area contributed by atoms with Crippen LogP contribution in [0.25, 0.3) is 55.6 Å². The second kappa shape index (κ2) is 22.7. The normalized spacial score (nSPS) is 12.5. The van der Waals surface area contributed by atoms with E-state index in [9.17, 15) is 0 Å². The number of benzene rings is 5. The maximum Gasteiger partial charge on any atom is 0.0531 e. The quantitative estimate of drug-likeness (QED) is 0.151. The first-order valence-corrected chi connectivity index (χ1v) is 30.7. The zero-order valence-corrected chi connectivity index (χ0v) is 54.4. The molecule has 0 spiro atoms. The van der Waals surface area contributed by atoms with Gasteiger partial charge < -0.3 is 0 Å². The first kappa shape index (κ1) is 58.6. The highest BCUT2D eigenvalue weighted by Crippen LogP contribution is 2.45. The third-order valence-corrected chi connectivity index (χ3v) is 19.9. The van der Waals surface area contributed by atoms with Gasteiger partial charge in [0.05, 0.1) is 28.5 Å². The minimum atomic E-state index is 0.999. The van der Waals surface area contributed by atoms with Gasteiger partial charge in [0.15, 0.2) is 0 Å². The predicted molar refractivity (Wildman–Crippen MR) is 357 cm³/mol. The summed E-state index contributed by atoms with van der Waals surface area (Å²) in [7, 11) is 0. The Morgan fingerprint density at radius 2 is 0.694 bits per heavy atom. The van der Waals surface area contributed by atoms with E-state index in [1.54, 1.807) is 0 Å². The number of nitrogens with zero attached hydrogens (tertiary/aromatic N) is 5. The largest absolute Gasteiger partial charge is 0.260 e. The van der Waals surface area contributed by atoms with E-state index in [1.807, 2.05) is 12.4 Å². The Bertz CT molecular complexity index is 4430. The van der Waals surface area contributed by atoms with Crippen LogP contribution in [0, 0.1) is 138 Å². The van der Waals surface area contributed by atoms with Crippen LogP contribution in [-0.4, -0.2) is 24.9 Å². The molecule has 10 aromatic rings. The molecule has 5 heteroatoms. The Morgan fingerprint density at radius 3 is 1.31 bits per heavy atom. The van der Waals surface area contributed by atoms with Crippen LogP contribution in [0.5, 0.6) is 0 Å². The number of pyridine rings is 5. The second-order valence-electron chi connectivity index (χ2n) is 25.6. The molecule has 0 bridgehead atoms. The molecule has 0 N–H and O–H groups in total. The Kier molecular flexibility index (Phi) is 15.6. The van der Waals surface area contributed by atoms with E-state index in [1.165, 1.54) is 207 Å². The fourth-order valence-corrected chi connectivity index (χ4v) is 14.1. The molecule has 0 atom stereocenters. The van der Waals surface area contributed by atoms with Crippen molar-refractivity contribution in [2.45, 2.75) is 171 Å². The van der Waals surface area contributed by atoms with Gasteiger partial charge in [0.2, 0.25) is 0 Å². The monoisotopic (exact) mass is 1120 g/mol. The van der Waals surface area contributed by atoms with E-state index in [-0.39, 0.29) is 0 Å². The van der Waals surface area contributed by atoms with E-state index in [0.717, 1.165) is 49.2 Å². The molecule has 15 rings (SSSR count). The summed E-state index contributed by atoms with van der Waals surface area (Å²) < 4.78 is 0. The minimum absolute atomic E-state index is 0.999. The molecule has 0 saturated carbocycles. The van der Waals surface area contributed by atoms with Crippen molar-refractivity contribution >= 4 is 0 Å². The van der Waals surface area contributed by atoms with Gasteiger partial charge in [-0.15, -0.1) is 0 Å². The zero-order valence-electron chi connectivity index (χ0n) is 54.4. The molecule has 5 aliphatic rings. The van der Waals surface area contributed by atoms with Crippen molar-refractivity contribution in [3.05, 3.63) is 259 Å². The van der Waals surface area contributed by atoms with Crippen LogP contribution in [0.4, 0.5) is 0 Å². The van der Waals surface area contributed by atoms with Crippen molar-refractivity contribution in [1.82, 2.24) is 24.9 Å². The average Bonchev–Trinajstić information content (AvgIpc) is 2.15. The first-order chi connectivity index (χ1) is 40.4. The topological polar surface area (TPSA) is 64.5 Å². The third kappa shape index (κ3) is 10.6. The fourth-order valence-electron chi connectivity index (χ4n) is 14.1. The van der Waals surface area contributed by atoms with Gasteiger partial charge in [-0.3, -0.25) is 24.9 Å². The zero-order chi connectivity index (χ0) is 60.8. The standard InChI is InChI=1S/5C16H17N/c1-9-5-14-15(17-8-9)7-13-12(4)10(2)6-11(3)16(13)14;1-9-7-10(2)16-13-6-5-11(3)17-15(13)8-14(16)12(9)4;1-9-5-6-13-14(11(9)3)7-15-16(13)12(4)10(2)8-17-15;1-9-5-6-13-14(11(9)3)8-16-15(13)7-10(2)12(4)17-16;1-9-5-6-13-14(12(9)4)8-15-16(13)10(2)7-11(3)17-15/h5-6,8H,7H2,1-4H3;5-7H,8H2,1-4H3;5-6,8H,7H2,1-4H3;2*5-7H,8H2,1-4H3. The third-order valence-electron chi connectivity index (χ3n) is 19.9. The highest BCUT2D eigenvalue weighted by Gasteiger charge is 2.28. The van der Waals surface area contributed by atoms with Crippen LogP contribution in [-0.2, 0) is 32.1 Å². The lowest BCUT2D eigenvalue weighted by Gasteiger charge is -2.11. The summed E-state index contributed by atoms with van der Waals surface area (Å²) in [6, 6.07) is 29.1. The van der Waals surface area contributed by atoms with E-state index >= 15 is 0 Å². The van der Waals surface area contributed by atoms with Gasteiger partial charge in [0.25, 0.3) is 0 Å². The van der Waals surface area contributed by atoms with Gasteiger partial charge in [-0.1, -0.05) is 54.6 Å². The van der Waals surface area contributed by atoms with Crippen LogP contribution >= 0.6 is 0 Å². The summed E-state index contributed by atoms with van der Waals surface area (Å²) in [4.78, 5) is 23.3. The molecular formula is C80H85N5. The fraction of sp³-hybridized carbons (Fsp3) is 0.312. The summed E-state index contributed by atoms with van der Waals surface area (Å²) in [5.74, 6) is 0. The van der Waals surface area contributed by atoms with Gasteiger partial charge in [-0.2, -0.15) is 0 Å². The number of fused-ring (bicyclic) bond motifs is 15. The van der Waals surface area contributed by atoms with Crippen molar-refractivity contribution in [2.24, 2.45) is 0 Å². The van der Waals surface area contributed by atoms with Gasteiger partial charge >= 0.3 is 0 Å². The lowest BCUT2D eigenvalue weighted by molar-refractivity contribution is 1.04. The maximum absolute atomic E-state index is 4.74. The molecule has 5 aliphatic carbocycles. The Balaban J connectivity index is 0.000000111. The SMILES string of the molecule is Cc1cc(C)c2c(n1)Cc1c-2ccc(C)c1C.Cc1cc2c(nc1C)Cc1c-2ccc(C)c1C.Cc1ccc2c(c1C)Cc1ncc(C)c(C)c1-2.Cc1ccc2c(n1)Cc1c(C)c(C)cc(C)c1-2.Cc1cnc2c(c1)-c1c(C)cc(C)c(C)c1C2. The van der Waals surface area contributed by atoms with Gasteiger partial charge in [0.1, 0.15) is 0 Å². The van der Waals surface area contributed by atoms with E-state index < -0.39 is 0 Å². The van der Waals surface area contributed by atoms with Crippen LogP contribution in [0.2, 0.25) is 0 Å². The van der Waals surface area contributed by atoms with Crippen molar-refractivity contribution in [1.29, 1.82) is 0 Å². The summed E-state index contributed by atoms with van der Waals surface area (Å²) in [6.07, 6.45) is 8.98. The maximum atomic E-state index is 4.74. The van der Waals surface area contributed by atoms with Crippen molar-refractivity contribution in [3.8, 4) is 55.6 Å². The van der Waals surface area contributed by atoms with Crippen molar-refractivity contribution < 1.29 is 0 Å². The lowest BCUT2D eigenvalue weighted by atomic mass is 9.93. The molecule has 0 unspecified atom stereocenters. The highest BCUT2D eigenvalue weighted by atomic mass is 14.7. The molecule has 85 heavy (non-hydrogen) atoms. The number of aromatic nitrogens is 5. The average molecular weight is 1120 g/mol. The number of hydrogen-bond donors (Lipinski definition) is 0. The number of aryl methyl sites for hydroxylation is 14. The molecule has 0 fully saturated rings. The Labute approximate surface area is 507 Å². The predicted octanol–water partition coefficient (Wildman–Crippen LogP) is 19.4. The number of rotatable bonds is 0. The molecule has 0 saturated heterocycles. The van der Waals surface area contributed by atoms with Gasteiger partial charge in [0, 0.05) is 89.4 Å². The molecule has 0 aliphatic heterocycles. The summed E-state index contributed by atoms with van der Waals surface area (Å²) in [5, 5.41) is 0. The molecule has 0 amide bonds.